The van der Waals surface area contributed by atoms with E-state index in [1.54, 1.807) is 0 Å². The van der Waals surface area contributed by atoms with E-state index in [-0.39, 0.29) is 0 Å². The molecule has 1 atom stereocenters. The van der Waals surface area contributed by atoms with Crippen LogP contribution in [0.2, 0.25) is 0 Å². The highest BCUT2D eigenvalue weighted by atomic mass is 15.2. The summed E-state index contributed by atoms with van der Waals surface area (Å²) < 4.78 is 0. The van der Waals surface area contributed by atoms with Crippen LogP contribution >= 0.6 is 0 Å². The first-order chi connectivity index (χ1) is 10.6. The third kappa shape index (κ3) is 3.34. The Morgan fingerprint density at radius 3 is 3.00 bits per heavy atom. The van der Waals surface area contributed by atoms with Gasteiger partial charge in [0.25, 0.3) is 0 Å². The molecule has 0 spiro atoms. The quantitative estimate of drug-likeness (QED) is 0.914. The number of H-pyrrole nitrogens is 1. The highest BCUT2D eigenvalue weighted by molar-refractivity contribution is 5.22. The van der Waals surface area contributed by atoms with E-state index in [2.05, 4.69) is 39.1 Å². The second-order valence-electron chi connectivity index (χ2n) is 6.28. The fraction of sp³-hybridized carbons (Fsp3) is 0.562. The van der Waals surface area contributed by atoms with Crippen molar-refractivity contribution in [1.29, 1.82) is 0 Å². The molecule has 6 heteroatoms. The predicted octanol–water partition coefficient (Wildman–Crippen LogP) is 1.91. The maximum Gasteiger partial charge on any atom is 0.125 e. The van der Waals surface area contributed by atoms with E-state index >= 15 is 0 Å². The molecule has 0 saturated carbocycles. The number of likely N-dealkylation sites (tertiary alicyclic amines) is 1. The Hall–Kier alpha value is -1.79. The first-order valence-corrected chi connectivity index (χ1v) is 7.83. The van der Waals surface area contributed by atoms with Gasteiger partial charge in [0.1, 0.15) is 5.82 Å². The minimum atomic E-state index is 0.375. The van der Waals surface area contributed by atoms with E-state index in [4.69, 9.17) is 4.98 Å². The van der Waals surface area contributed by atoms with Crippen LogP contribution in [0.3, 0.4) is 0 Å². The zero-order valence-corrected chi connectivity index (χ0v) is 13.6. The van der Waals surface area contributed by atoms with Crippen LogP contribution in [0.1, 0.15) is 41.7 Å². The van der Waals surface area contributed by atoms with Crippen LogP contribution in [0, 0.1) is 6.92 Å². The molecule has 118 valence electrons. The Bertz CT molecular complexity index is 607. The molecular weight excluding hydrogens is 276 g/mol. The molecule has 1 aliphatic rings. The standard InChI is InChI=1S/C16H24N6/c1-12-17-9-13(10-21(2)3)16(19-12)15-5-4-8-22(15)11-14-6-7-18-20-14/h6-7,9,15H,4-5,8,10-11H2,1-3H3,(H,18,20)/t15-/m0/s1. The van der Waals surface area contributed by atoms with Gasteiger partial charge in [-0.3, -0.25) is 10.00 Å². The summed E-state index contributed by atoms with van der Waals surface area (Å²) in [4.78, 5) is 13.8. The smallest absolute Gasteiger partial charge is 0.125 e. The zero-order chi connectivity index (χ0) is 15.5. The van der Waals surface area contributed by atoms with Crippen LogP contribution in [-0.2, 0) is 13.1 Å². The van der Waals surface area contributed by atoms with E-state index in [1.165, 1.54) is 17.7 Å². The van der Waals surface area contributed by atoms with Crippen molar-refractivity contribution in [3.63, 3.8) is 0 Å². The molecule has 3 rings (SSSR count). The number of hydrogen-bond donors (Lipinski definition) is 1. The van der Waals surface area contributed by atoms with E-state index in [0.717, 1.165) is 37.6 Å². The van der Waals surface area contributed by atoms with Gasteiger partial charge < -0.3 is 4.90 Å². The van der Waals surface area contributed by atoms with Crippen LogP contribution in [0.15, 0.2) is 18.5 Å². The fourth-order valence-corrected chi connectivity index (χ4v) is 3.18. The number of nitrogens with zero attached hydrogens (tertiary/aromatic N) is 5. The molecule has 2 aromatic heterocycles. The van der Waals surface area contributed by atoms with E-state index in [1.807, 2.05) is 25.4 Å². The average molecular weight is 300 g/mol. The van der Waals surface area contributed by atoms with Crippen molar-refractivity contribution in [1.82, 2.24) is 30.0 Å². The van der Waals surface area contributed by atoms with Crippen molar-refractivity contribution in [2.45, 2.75) is 38.9 Å². The minimum Gasteiger partial charge on any atom is -0.305 e. The normalized spacial score (nSPS) is 19.2. The molecule has 1 fully saturated rings. The van der Waals surface area contributed by atoms with E-state index < -0.39 is 0 Å². The van der Waals surface area contributed by atoms with Gasteiger partial charge >= 0.3 is 0 Å². The Labute approximate surface area is 131 Å². The summed E-state index contributed by atoms with van der Waals surface area (Å²) in [5, 5.41) is 7.11. The molecular formula is C16H24N6. The number of nitrogens with one attached hydrogen (secondary N) is 1. The SMILES string of the molecule is Cc1ncc(CN(C)C)c([C@@H]2CCCN2Cc2ccn[nH]2)n1. The maximum absolute atomic E-state index is 4.78. The van der Waals surface area contributed by atoms with Crippen molar-refractivity contribution in [2.75, 3.05) is 20.6 Å². The Morgan fingerprint density at radius 2 is 2.27 bits per heavy atom. The molecule has 1 saturated heterocycles. The van der Waals surface area contributed by atoms with Gasteiger partial charge in [0.05, 0.1) is 11.7 Å². The van der Waals surface area contributed by atoms with Gasteiger partial charge in [-0.15, -0.1) is 0 Å². The van der Waals surface area contributed by atoms with Gasteiger partial charge in [0.2, 0.25) is 0 Å². The summed E-state index contributed by atoms with van der Waals surface area (Å²) in [6.45, 7) is 4.85. The van der Waals surface area contributed by atoms with Gasteiger partial charge in [-0.05, 0) is 46.5 Å². The molecule has 6 nitrogen and oxygen atoms in total. The molecule has 0 radical (unpaired) electrons. The molecule has 0 aromatic carbocycles. The van der Waals surface area contributed by atoms with Crippen molar-refractivity contribution in [3.8, 4) is 0 Å². The Kier molecular flexibility index (Phi) is 4.49. The maximum atomic E-state index is 4.78. The van der Waals surface area contributed by atoms with Gasteiger partial charge in [-0.25, -0.2) is 9.97 Å². The minimum absolute atomic E-state index is 0.375. The molecule has 0 unspecified atom stereocenters. The average Bonchev–Trinajstić information content (AvgIpc) is 3.12. The number of hydrogen-bond acceptors (Lipinski definition) is 5. The number of aromatic nitrogens is 4. The highest BCUT2D eigenvalue weighted by Gasteiger charge is 2.29. The lowest BCUT2D eigenvalue weighted by molar-refractivity contribution is 0.238. The van der Waals surface area contributed by atoms with Crippen molar-refractivity contribution >= 4 is 0 Å². The largest absolute Gasteiger partial charge is 0.305 e. The molecule has 0 amide bonds. The van der Waals surface area contributed by atoms with Crippen LogP contribution in [0.25, 0.3) is 0 Å². The van der Waals surface area contributed by atoms with Crippen molar-refractivity contribution in [3.05, 3.63) is 41.2 Å². The monoisotopic (exact) mass is 300 g/mol. The van der Waals surface area contributed by atoms with Gasteiger partial charge in [0.15, 0.2) is 0 Å². The van der Waals surface area contributed by atoms with Gasteiger partial charge in [-0.2, -0.15) is 5.10 Å². The Morgan fingerprint density at radius 1 is 1.41 bits per heavy atom. The summed E-state index contributed by atoms with van der Waals surface area (Å²) in [6, 6.07) is 2.42. The second-order valence-corrected chi connectivity index (χ2v) is 6.28. The lowest BCUT2D eigenvalue weighted by Crippen LogP contribution is -2.26. The van der Waals surface area contributed by atoms with Crippen LogP contribution < -0.4 is 0 Å². The molecule has 0 aliphatic carbocycles. The van der Waals surface area contributed by atoms with Crippen molar-refractivity contribution in [2.24, 2.45) is 0 Å². The van der Waals surface area contributed by atoms with E-state index in [9.17, 15) is 0 Å². The van der Waals surface area contributed by atoms with Crippen molar-refractivity contribution < 1.29 is 0 Å². The first-order valence-electron chi connectivity index (χ1n) is 7.83. The number of rotatable bonds is 5. The summed E-state index contributed by atoms with van der Waals surface area (Å²) in [7, 11) is 4.17. The molecule has 1 aliphatic heterocycles. The van der Waals surface area contributed by atoms with Crippen LogP contribution in [0.5, 0.6) is 0 Å². The third-order valence-electron chi connectivity index (χ3n) is 4.12. The molecule has 22 heavy (non-hydrogen) atoms. The number of aromatic amines is 1. The van der Waals surface area contributed by atoms with Gasteiger partial charge in [-0.1, -0.05) is 0 Å². The van der Waals surface area contributed by atoms with E-state index in [0.29, 0.717) is 6.04 Å². The Balaban J connectivity index is 1.86. The predicted molar refractivity (Wildman–Crippen MR) is 85.1 cm³/mol. The molecule has 3 heterocycles. The topological polar surface area (TPSA) is 60.9 Å². The summed E-state index contributed by atoms with van der Waals surface area (Å²) >= 11 is 0. The first kappa shape index (κ1) is 15.1. The highest BCUT2D eigenvalue weighted by Crippen LogP contribution is 2.33. The van der Waals surface area contributed by atoms with Crippen LogP contribution in [0.4, 0.5) is 0 Å². The van der Waals surface area contributed by atoms with Crippen LogP contribution in [-0.4, -0.2) is 50.6 Å². The fourth-order valence-electron chi connectivity index (χ4n) is 3.18. The molecule has 2 aromatic rings. The summed E-state index contributed by atoms with van der Waals surface area (Å²) in [5.41, 5.74) is 3.59. The second kappa shape index (κ2) is 6.54. The zero-order valence-electron chi connectivity index (χ0n) is 13.6. The molecule has 0 bridgehead atoms. The molecule has 1 N–H and O–H groups in total. The lowest BCUT2D eigenvalue weighted by Gasteiger charge is -2.26. The third-order valence-corrected chi connectivity index (χ3v) is 4.12. The lowest BCUT2D eigenvalue weighted by atomic mass is 10.1. The van der Waals surface area contributed by atoms with Gasteiger partial charge in [0, 0.05) is 36.7 Å². The summed E-state index contributed by atoms with van der Waals surface area (Å²) in [5.74, 6) is 0.853. The number of aryl methyl sites for hydroxylation is 1. The summed E-state index contributed by atoms with van der Waals surface area (Å²) in [6.07, 6.45) is 6.17.